The Morgan fingerprint density at radius 2 is 1.89 bits per heavy atom. The van der Waals surface area contributed by atoms with E-state index < -0.39 is 5.79 Å². The summed E-state index contributed by atoms with van der Waals surface area (Å²) >= 11 is 0. The number of hydrogen-bond donors (Lipinski definition) is 0. The van der Waals surface area contributed by atoms with Gasteiger partial charge in [-0.05, 0) is 27.7 Å². The van der Waals surface area contributed by atoms with Crippen molar-refractivity contribution in [2.24, 2.45) is 0 Å². The molecule has 1 saturated heterocycles. The Morgan fingerprint density at radius 1 is 1.33 bits per heavy atom. The smallest absolute Gasteiger partial charge is 0.163 e. The van der Waals surface area contributed by atoms with Crippen molar-refractivity contribution in [2.75, 3.05) is 6.61 Å². The number of rotatable bonds is 0. The molecule has 1 radical (unpaired) electrons. The lowest BCUT2D eigenvalue weighted by Crippen LogP contribution is -2.27. The lowest BCUT2D eigenvalue weighted by atomic mass is 10.2. The van der Waals surface area contributed by atoms with E-state index in [0.717, 1.165) is 0 Å². The first-order valence-electron chi connectivity index (χ1n) is 3.11. The highest BCUT2D eigenvalue weighted by molar-refractivity contribution is 4.85. The second-order valence-electron chi connectivity index (χ2n) is 3.24. The summed E-state index contributed by atoms with van der Waals surface area (Å²) < 4.78 is 10.7. The molecule has 0 spiro atoms. The fourth-order valence-electron chi connectivity index (χ4n) is 0.979. The summed E-state index contributed by atoms with van der Waals surface area (Å²) in [7, 11) is 0. The van der Waals surface area contributed by atoms with Gasteiger partial charge in [-0.2, -0.15) is 0 Å². The molecule has 53 valence electrons. The molecular weight excluding hydrogens is 116 g/mol. The minimum absolute atomic E-state index is 0.344. The van der Waals surface area contributed by atoms with Crippen molar-refractivity contribution in [3.05, 3.63) is 6.92 Å². The fourth-order valence-corrected chi connectivity index (χ4v) is 0.979. The van der Waals surface area contributed by atoms with E-state index >= 15 is 0 Å². The van der Waals surface area contributed by atoms with Crippen molar-refractivity contribution in [3.8, 4) is 0 Å². The molecule has 2 nitrogen and oxygen atoms in total. The predicted octanol–water partition coefficient (Wildman–Crippen LogP) is 1.36. The van der Waals surface area contributed by atoms with Crippen molar-refractivity contribution >= 4 is 0 Å². The first-order chi connectivity index (χ1) is 3.91. The van der Waals surface area contributed by atoms with Gasteiger partial charge in [-0.3, -0.25) is 0 Å². The van der Waals surface area contributed by atoms with Crippen LogP contribution in [-0.2, 0) is 9.47 Å². The van der Waals surface area contributed by atoms with E-state index in [2.05, 4.69) is 6.92 Å². The maximum atomic E-state index is 5.40. The summed E-state index contributed by atoms with van der Waals surface area (Å²) in [5, 5.41) is 0. The molecule has 1 unspecified atom stereocenters. The van der Waals surface area contributed by atoms with Crippen LogP contribution >= 0.6 is 0 Å². The highest BCUT2D eigenvalue weighted by atomic mass is 16.7. The first-order valence-corrected chi connectivity index (χ1v) is 3.11. The lowest BCUT2D eigenvalue weighted by Gasteiger charge is -2.20. The lowest BCUT2D eigenvalue weighted by molar-refractivity contribution is -0.148. The van der Waals surface area contributed by atoms with Gasteiger partial charge in [-0.15, -0.1) is 0 Å². The summed E-state index contributed by atoms with van der Waals surface area (Å²) in [4.78, 5) is 0. The van der Waals surface area contributed by atoms with Crippen molar-refractivity contribution in [1.29, 1.82) is 0 Å². The molecule has 1 aliphatic rings. The van der Waals surface area contributed by atoms with Crippen LogP contribution in [0.1, 0.15) is 20.8 Å². The molecule has 1 aliphatic heterocycles. The predicted molar refractivity (Wildman–Crippen MR) is 34.9 cm³/mol. The third-order valence-corrected chi connectivity index (χ3v) is 1.22. The molecule has 0 bridgehead atoms. The molecule has 0 amide bonds. The average Bonchev–Trinajstić information content (AvgIpc) is 1.78. The summed E-state index contributed by atoms with van der Waals surface area (Å²) in [6, 6.07) is 0. The van der Waals surface area contributed by atoms with Gasteiger partial charge in [0.25, 0.3) is 0 Å². The Bertz CT molecular complexity index is 102. The molecule has 0 aromatic heterocycles. The molecular formula is C7H13O2. The molecule has 1 atom stereocenters. The van der Waals surface area contributed by atoms with Gasteiger partial charge in [0.1, 0.15) is 0 Å². The van der Waals surface area contributed by atoms with Gasteiger partial charge in [-0.25, -0.2) is 0 Å². The van der Waals surface area contributed by atoms with Gasteiger partial charge in [0, 0.05) is 0 Å². The second-order valence-corrected chi connectivity index (χ2v) is 3.24. The molecule has 9 heavy (non-hydrogen) atoms. The van der Waals surface area contributed by atoms with Gasteiger partial charge >= 0.3 is 0 Å². The van der Waals surface area contributed by atoms with Crippen LogP contribution in [0.3, 0.4) is 0 Å². The van der Waals surface area contributed by atoms with Crippen molar-refractivity contribution in [2.45, 2.75) is 32.2 Å². The van der Waals surface area contributed by atoms with E-state index in [4.69, 9.17) is 9.47 Å². The fraction of sp³-hybridized carbons (Fsp3) is 0.857. The van der Waals surface area contributed by atoms with E-state index in [1.165, 1.54) is 0 Å². The Morgan fingerprint density at radius 3 is 2.00 bits per heavy atom. The summed E-state index contributed by atoms with van der Waals surface area (Å²) in [6.45, 7) is 10.1. The third kappa shape index (κ3) is 1.66. The molecule has 1 rings (SSSR count). The Labute approximate surface area is 56.2 Å². The van der Waals surface area contributed by atoms with Crippen LogP contribution in [-0.4, -0.2) is 18.0 Å². The van der Waals surface area contributed by atoms with Crippen molar-refractivity contribution in [1.82, 2.24) is 0 Å². The SMILES string of the molecule is [CH2]C1(C)COC(C)(C)O1. The monoisotopic (exact) mass is 129 g/mol. The standard InChI is InChI=1S/C7H13O2/c1-6(2)5-8-7(3,4)9-6/h1,5H2,2-4H3. The average molecular weight is 129 g/mol. The minimum Gasteiger partial charge on any atom is -0.348 e. The highest BCUT2D eigenvalue weighted by Crippen LogP contribution is 2.29. The maximum absolute atomic E-state index is 5.40. The van der Waals surface area contributed by atoms with Crippen molar-refractivity contribution < 1.29 is 9.47 Å². The van der Waals surface area contributed by atoms with Crippen LogP contribution < -0.4 is 0 Å². The number of ether oxygens (including phenoxy) is 2. The Hall–Kier alpha value is -0.0800. The highest BCUT2D eigenvalue weighted by Gasteiger charge is 2.38. The molecule has 1 heterocycles. The van der Waals surface area contributed by atoms with Gasteiger partial charge in [-0.1, -0.05) is 0 Å². The molecule has 2 heteroatoms. The molecule has 0 N–H and O–H groups in total. The topological polar surface area (TPSA) is 18.5 Å². The van der Waals surface area contributed by atoms with Gasteiger partial charge < -0.3 is 9.47 Å². The van der Waals surface area contributed by atoms with Crippen LogP contribution in [0.4, 0.5) is 0 Å². The summed E-state index contributed by atoms with van der Waals surface area (Å²) in [5.41, 5.74) is -0.344. The first kappa shape index (κ1) is 7.03. The van der Waals surface area contributed by atoms with Gasteiger partial charge in [0.15, 0.2) is 5.79 Å². The summed E-state index contributed by atoms with van der Waals surface area (Å²) in [6.07, 6.45) is 0. The van der Waals surface area contributed by atoms with Crippen LogP contribution in [0.2, 0.25) is 0 Å². The van der Waals surface area contributed by atoms with E-state index in [-0.39, 0.29) is 5.60 Å². The normalized spacial score (nSPS) is 30.7. The Kier molecular flexibility index (Phi) is 1.33. The van der Waals surface area contributed by atoms with Crippen LogP contribution in [0.5, 0.6) is 0 Å². The maximum Gasteiger partial charge on any atom is 0.163 e. The molecule has 0 aromatic carbocycles. The van der Waals surface area contributed by atoms with Gasteiger partial charge in [0.05, 0.1) is 12.2 Å². The minimum atomic E-state index is -0.434. The van der Waals surface area contributed by atoms with Crippen molar-refractivity contribution in [3.63, 3.8) is 0 Å². The summed E-state index contributed by atoms with van der Waals surface area (Å²) in [5.74, 6) is -0.434. The zero-order valence-electron chi connectivity index (χ0n) is 6.23. The zero-order valence-corrected chi connectivity index (χ0v) is 6.23. The Balaban J connectivity index is 2.58. The molecule has 0 saturated carbocycles. The van der Waals surface area contributed by atoms with E-state index in [0.29, 0.717) is 6.61 Å². The van der Waals surface area contributed by atoms with E-state index in [9.17, 15) is 0 Å². The molecule has 0 aliphatic carbocycles. The van der Waals surface area contributed by atoms with Crippen LogP contribution in [0.15, 0.2) is 0 Å². The third-order valence-electron chi connectivity index (χ3n) is 1.22. The molecule has 0 aromatic rings. The molecule has 1 fully saturated rings. The van der Waals surface area contributed by atoms with Gasteiger partial charge in [0.2, 0.25) is 0 Å². The zero-order chi connectivity index (χ0) is 7.12. The quantitative estimate of drug-likeness (QED) is 0.491. The van der Waals surface area contributed by atoms with Crippen LogP contribution in [0, 0.1) is 6.92 Å². The van der Waals surface area contributed by atoms with Crippen LogP contribution in [0.25, 0.3) is 0 Å². The number of hydrogen-bond acceptors (Lipinski definition) is 2. The largest absolute Gasteiger partial charge is 0.348 e. The van der Waals surface area contributed by atoms with E-state index in [1.54, 1.807) is 0 Å². The second kappa shape index (κ2) is 1.70. The van der Waals surface area contributed by atoms with E-state index in [1.807, 2.05) is 20.8 Å².